The Balaban J connectivity index is 2.53. The Kier molecular flexibility index (Phi) is 1.50. The molecule has 3 nitrogen and oxygen atoms in total. The van der Waals surface area contributed by atoms with Crippen molar-refractivity contribution in [1.29, 1.82) is 0 Å². The molecule has 12 heavy (non-hydrogen) atoms. The molecule has 0 saturated heterocycles. The van der Waals surface area contributed by atoms with E-state index in [9.17, 15) is 0 Å². The maximum absolute atomic E-state index is 5.78. The van der Waals surface area contributed by atoms with E-state index in [4.69, 9.17) is 5.73 Å². The Labute approximate surface area is 71.5 Å². The fourth-order valence-electron chi connectivity index (χ4n) is 1.37. The molecule has 0 fully saturated rings. The highest BCUT2D eigenvalue weighted by Crippen LogP contribution is 2.19. The summed E-state index contributed by atoms with van der Waals surface area (Å²) in [5, 5.41) is 6.05. The van der Waals surface area contributed by atoms with Crippen molar-refractivity contribution in [2.45, 2.75) is 6.54 Å². The van der Waals surface area contributed by atoms with Crippen LogP contribution < -0.4 is 5.73 Å². The smallest absolute Gasteiger partial charge is 0.0614 e. The van der Waals surface area contributed by atoms with Crippen molar-refractivity contribution in [1.82, 2.24) is 5.01 Å². The van der Waals surface area contributed by atoms with Crippen molar-refractivity contribution in [2.75, 3.05) is 12.8 Å². The lowest BCUT2D eigenvalue weighted by Crippen LogP contribution is -2.17. The fourth-order valence-corrected chi connectivity index (χ4v) is 1.37. The molecule has 62 valence electrons. The van der Waals surface area contributed by atoms with Gasteiger partial charge in [-0.1, -0.05) is 12.1 Å². The molecule has 0 aromatic heterocycles. The van der Waals surface area contributed by atoms with Gasteiger partial charge in [0, 0.05) is 18.3 Å². The van der Waals surface area contributed by atoms with Gasteiger partial charge in [0.05, 0.1) is 12.8 Å². The zero-order valence-electron chi connectivity index (χ0n) is 6.99. The summed E-state index contributed by atoms with van der Waals surface area (Å²) in [6.45, 7) is 0.844. The molecule has 2 N–H and O–H groups in total. The van der Waals surface area contributed by atoms with E-state index in [0.717, 1.165) is 17.8 Å². The van der Waals surface area contributed by atoms with Gasteiger partial charge in [-0.15, -0.1) is 0 Å². The van der Waals surface area contributed by atoms with E-state index in [1.807, 2.05) is 30.4 Å². The van der Waals surface area contributed by atoms with Crippen LogP contribution >= 0.6 is 0 Å². The summed E-state index contributed by atoms with van der Waals surface area (Å²) in [6, 6.07) is 5.95. The summed E-state index contributed by atoms with van der Waals surface area (Å²) >= 11 is 0. The first kappa shape index (κ1) is 7.16. The van der Waals surface area contributed by atoms with E-state index < -0.39 is 0 Å². The molecule has 1 aromatic carbocycles. The summed E-state index contributed by atoms with van der Waals surface area (Å²) < 4.78 is 0. The largest absolute Gasteiger partial charge is 0.398 e. The second kappa shape index (κ2) is 2.52. The minimum absolute atomic E-state index is 0.810. The summed E-state index contributed by atoms with van der Waals surface area (Å²) in [4.78, 5) is 0. The van der Waals surface area contributed by atoms with Crippen LogP contribution in [0.25, 0.3) is 0 Å². The van der Waals surface area contributed by atoms with Crippen molar-refractivity contribution >= 4 is 11.9 Å². The maximum atomic E-state index is 5.78. The molecule has 0 saturated carbocycles. The lowest BCUT2D eigenvalue weighted by Gasteiger charge is -2.20. The number of rotatable bonds is 0. The Hall–Kier alpha value is -1.51. The summed E-state index contributed by atoms with van der Waals surface area (Å²) in [7, 11) is 1.95. The first-order valence-electron chi connectivity index (χ1n) is 3.90. The Bertz CT molecular complexity index is 331. The molecule has 0 aliphatic carbocycles. The SMILES string of the molecule is CN1Cc2cccc(N)c2C=N1. The second-order valence-corrected chi connectivity index (χ2v) is 2.98. The van der Waals surface area contributed by atoms with Gasteiger partial charge in [0.25, 0.3) is 0 Å². The number of nitrogens with two attached hydrogens (primary N) is 1. The fraction of sp³-hybridized carbons (Fsp3) is 0.222. The van der Waals surface area contributed by atoms with Gasteiger partial charge in [0.15, 0.2) is 0 Å². The van der Waals surface area contributed by atoms with E-state index in [1.54, 1.807) is 0 Å². The van der Waals surface area contributed by atoms with Crippen molar-refractivity contribution in [2.24, 2.45) is 5.10 Å². The predicted molar refractivity (Wildman–Crippen MR) is 49.9 cm³/mol. The molecule has 0 spiro atoms. The van der Waals surface area contributed by atoms with Crippen LogP contribution in [0.15, 0.2) is 23.3 Å². The Morgan fingerprint density at radius 2 is 2.33 bits per heavy atom. The van der Waals surface area contributed by atoms with E-state index in [2.05, 4.69) is 11.2 Å². The van der Waals surface area contributed by atoms with Crippen molar-refractivity contribution in [3.8, 4) is 0 Å². The normalized spacial score (nSPS) is 14.6. The van der Waals surface area contributed by atoms with Gasteiger partial charge in [0.1, 0.15) is 0 Å². The molecular weight excluding hydrogens is 150 g/mol. The number of nitrogen functional groups attached to an aromatic ring is 1. The topological polar surface area (TPSA) is 41.6 Å². The minimum atomic E-state index is 0.810. The summed E-state index contributed by atoms with van der Waals surface area (Å²) in [5.74, 6) is 0. The van der Waals surface area contributed by atoms with Crippen LogP contribution in [0.4, 0.5) is 5.69 Å². The van der Waals surface area contributed by atoms with Crippen LogP contribution in [0.2, 0.25) is 0 Å². The quantitative estimate of drug-likeness (QED) is 0.578. The number of hydrazone groups is 1. The summed E-state index contributed by atoms with van der Waals surface area (Å²) in [6.07, 6.45) is 1.81. The lowest BCUT2D eigenvalue weighted by molar-refractivity contribution is 0.343. The molecule has 3 heteroatoms. The summed E-state index contributed by atoms with van der Waals surface area (Å²) in [5.41, 5.74) is 8.90. The van der Waals surface area contributed by atoms with Gasteiger partial charge in [-0.3, -0.25) is 5.01 Å². The van der Waals surface area contributed by atoms with Gasteiger partial charge in [0.2, 0.25) is 0 Å². The number of nitrogens with zero attached hydrogens (tertiary/aromatic N) is 2. The van der Waals surface area contributed by atoms with Crippen molar-refractivity contribution in [3.05, 3.63) is 29.3 Å². The Morgan fingerprint density at radius 3 is 3.17 bits per heavy atom. The third-order valence-electron chi connectivity index (χ3n) is 2.01. The van der Waals surface area contributed by atoms with Gasteiger partial charge in [-0.2, -0.15) is 5.10 Å². The average Bonchev–Trinajstić information content (AvgIpc) is 2.04. The molecule has 1 aromatic rings. The molecule has 0 radical (unpaired) electrons. The van der Waals surface area contributed by atoms with E-state index in [0.29, 0.717) is 0 Å². The standard InChI is InChI=1S/C9H11N3/c1-12-6-7-3-2-4-9(10)8(7)5-11-12/h2-5H,6,10H2,1H3. The minimum Gasteiger partial charge on any atom is -0.398 e. The zero-order valence-corrected chi connectivity index (χ0v) is 6.99. The van der Waals surface area contributed by atoms with Crippen LogP contribution in [-0.2, 0) is 6.54 Å². The highest BCUT2D eigenvalue weighted by molar-refractivity contribution is 5.89. The van der Waals surface area contributed by atoms with Crippen LogP contribution in [0.1, 0.15) is 11.1 Å². The maximum Gasteiger partial charge on any atom is 0.0614 e. The van der Waals surface area contributed by atoms with E-state index in [-0.39, 0.29) is 0 Å². The molecule has 2 rings (SSSR count). The van der Waals surface area contributed by atoms with Crippen LogP contribution in [-0.4, -0.2) is 18.3 Å². The van der Waals surface area contributed by atoms with E-state index >= 15 is 0 Å². The Morgan fingerprint density at radius 1 is 1.50 bits per heavy atom. The van der Waals surface area contributed by atoms with Crippen molar-refractivity contribution < 1.29 is 0 Å². The molecule has 0 amide bonds. The van der Waals surface area contributed by atoms with Crippen molar-refractivity contribution in [3.63, 3.8) is 0 Å². The highest BCUT2D eigenvalue weighted by atomic mass is 15.4. The van der Waals surface area contributed by atoms with Crippen LogP contribution in [0.5, 0.6) is 0 Å². The van der Waals surface area contributed by atoms with Gasteiger partial charge in [-0.25, -0.2) is 0 Å². The van der Waals surface area contributed by atoms with E-state index in [1.165, 1.54) is 5.56 Å². The monoisotopic (exact) mass is 161 g/mol. The number of hydrogen-bond donors (Lipinski definition) is 1. The first-order chi connectivity index (χ1) is 5.77. The first-order valence-corrected chi connectivity index (χ1v) is 3.90. The predicted octanol–water partition coefficient (Wildman–Crippen LogP) is 1.05. The molecular formula is C9H11N3. The third kappa shape index (κ3) is 1.03. The van der Waals surface area contributed by atoms with Gasteiger partial charge >= 0.3 is 0 Å². The third-order valence-corrected chi connectivity index (χ3v) is 2.01. The number of benzene rings is 1. The lowest BCUT2D eigenvalue weighted by atomic mass is 10.1. The van der Waals surface area contributed by atoms with Gasteiger partial charge < -0.3 is 5.73 Å². The molecule has 1 aliphatic rings. The molecule has 1 heterocycles. The molecule has 0 atom stereocenters. The molecule has 1 aliphatic heterocycles. The van der Waals surface area contributed by atoms with Crippen LogP contribution in [0.3, 0.4) is 0 Å². The highest BCUT2D eigenvalue weighted by Gasteiger charge is 2.09. The second-order valence-electron chi connectivity index (χ2n) is 2.98. The van der Waals surface area contributed by atoms with Crippen LogP contribution in [0, 0.1) is 0 Å². The van der Waals surface area contributed by atoms with Gasteiger partial charge in [-0.05, 0) is 11.6 Å². The number of hydrogen-bond acceptors (Lipinski definition) is 3. The molecule has 0 unspecified atom stereocenters. The number of anilines is 1. The number of fused-ring (bicyclic) bond motifs is 1. The average molecular weight is 161 g/mol. The zero-order chi connectivity index (χ0) is 8.55. The molecule has 0 bridgehead atoms.